The van der Waals surface area contributed by atoms with E-state index in [0.29, 0.717) is 18.0 Å². The third-order valence-corrected chi connectivity index (χ3v) is 3.62. The quantitative estimate of drug-likeness (QED) is 0.933. The lowest BCUT2D eigenvalue weighted by Gasteiger charge is -2.08. The van der Waals surface area contributed by atoms with Gasteiger partial charge in [0.2, 0.25) is 0 Å². The highest BCUT2D eigenvalue weighted by atomic mass is 32.1. The van der Waals surface area contributed by atoms with Crippen LogP contribution in [0.25, 0.3) is 10.6 Å². The molecule has 1 amide bonds. The Balaban J connectivity index is 2.20. The summed E-state index contributed by atoms with van der Waals surface area (Å²) in [6, 6.07) is 3.55. The molecule has 0 atom stereocenters. The van der Waals surface area contributed by atoms with Gasteiger partial charge >= 0.3 is 0 Å². The maximum Gasteiger partial charge on any atom is 0.251 e. The summed E-state index contributed by atoms with van der Waals surface area (Å²) in [4.78, 5) is 21.5. The summed E-state index contributed by atoms with van der Waals surface area (Å²) in [5, 5.41) is 2.91. The van der Waals surface area contributed by atoms with E-state index in [1.807, 2.05) is 13.0 Å². The van der Waals surface area contributed by atoms with E-state index in [1.54, 1.807) is 17.8 Å². The van der Waals surface area contributed by atoms with Crippen LogP contribution in [0.15, 0.2) is 23.8 Å². The first-order valence-corrected chi connectivity index (χ1v) is 7.10. The molecule has 0 unspecified atom stereocenters. The fourth-order valence-electron chi connectivity index (χ4n) is 1.64. The number of hydrogen-bond acceptors (Lipinski definition) is 4. The number of rotatable bonds is 4. The second-order valence-corrected chi connectivity index (χ2v) is 5.66. The van der Waals surface area contributed by atoms with E-state index in [-0.39, 0.29) is 5.91 Å². The molecule has 0 saturated heterocycles. The molecule has 0 spiro atoms. The standard InChI is InChI=1S/C14H17N3OS/c1-9(2)7-16-14(18)11-4-5-15-12(6-11)13-10(3)17-8-19-13/h4-6,8-9H,7H2,1-3H3,(H,16,18). The topological polar surface area (TPSA) is 54.9 Å². The summed E-state index contributed by atoms with van der Waals surface area (Å²) >= 11 is 1.54. The minimum atomic E-state index is -0.0560. The highest BCUT2D eigenvalue weighted by Crippen LogP contribution is 2.25. The molecule has 0 bridgehead atoms. The number of carbonyl (C=O) groups is 1. The first-order chi connectivity index (χ1) is 9.08. The Bertz CT molecular complexity index is 578. The van der Waals surface area contributed by atoms with Crippen LogP contribution in [-0.2, 0) is 0 Å². The van der Waals surface area contributed by atoms with Gasteiger partial charge in [-0.15, -0.1) is 11.3 Å². The van der Waals surface area contributed by atoms with Gasteiger partial charge in [0.25, 0.3) is 5.91 Å². The Kier molecular flexibility index (Phi) is 4.27. The first kappa shape index (κ1) is 13.7. The zero-order valence-corrected chi connectivity index (χ0v) is 12.1. The maximum absolute atomic E-state index is 12.0. The van der Waals surface area contributed by atoms with Crippen LogP contribution in [-0.4, -0.2) is 22.4 Å². The normalized spacial score (nSPS) is 10.7. The Labute approximate surface area is 116 Å². The lowest BCUT2D eigenvalue weighted by Crippen LogP contribution is -2.27. The van der Waals surface area contributed by atoms with E-state index >= 15 is 0 Å². The molecule has 2 aromatic heterocycles. The van der Waals surface area contributed by atoms with Gasteiger partial charge < -0.3 is 5.32 Å². The molecule has 4 nitrogen and oxygen atoms in total. The monoisotopic (exact) mass is 275 g/mol. The molecular formula is C14H17N3OS. The number of aromatic nitrogens is 2. The average Bonchev–Trinajstić information content (AvgIpc) is 2.82. The summed E-state index contributed by atoms with van der Waals surface area (Å²) in [5.74, 6) is 0.383. The van der Waals surface area contributed by atoms with E-state index in [9.17, 15) is 4.79 Å². The van der Waals surface area contributed by atoms with Crippen molar-refractivity contribution in [2.24, 2.45) is 5.92 Å². The number of aryl methyl sites for hydroxylation is 1. The van der Waals surface area contributed by atoms with Crippen LogP contribution in [0.4, 0.5) is 0 Å². The molecule has 0 aliphatic carbocycles. The highest BCUT2D eigenvalue weighted by Gasteiger charge is 2.11. The molecule has 0 saturated carbocycles. The Morgan fingerprint density at radius 3 is 2.84 bits per heavy atom. The number of nitrogens with one attached hydrogen (secondary N) is 1. The van der Waals surface area contributed by atoms with E-state index in [0.717, 1.165) is 16.3 Å². The van der Waals surface area contributed by atoms with Crippen LogP contribution in [0.1, 0.15) is 29.9 Å². The minimum absolute atomic E-state index is 0.0560. The molecule has 19 heavy (non-hydrogen) atoms. The predicted octanol–water partition coefficient (Wildman–Crippen LogP) is 2.90. The van der Waals surface area contributed by atoms with Gasteiger partial charge in [-0.25, -0.2) is 4.98 Å². The lowest BCUT2D eigenvalue weighted by atomic mass is 10.1. The third kappa shape index (κ3) is 3.38. The summed E-state index contributed by atoms with van der Waals surface area (Å²) in [5.41, 5.74) is 4.17. The third-order valence-electron chi connectivity index (χ3n) is 2.67. The average molecular weight is 275 g/mol. The van der Waals surface area contributed by atoms with Crippen molar-refractivity contribution in [2.45, 2.75) is 20.8 Å². The molecule has 5 heteroatoms. The van der Waals surface area contributed by atoms with Crippen molar-refractivity contribution in [1.29, 1.82) is 0 Å². The van der Waals surface area contributed by atoms with E-state index < -0.39 is 0 Å². The number of hydrogen-bond donors (Lipinski definition) is 1. The van der Waals surface area contributed by atoms with Crippen molar-refractivity contribution in [2.75, 3.05) is 6.54 Å². The summed E-state index contributed by atoms with van der Waals surface area (Å²) < 4.78 is 0. The van der Waals surface area contributed by atoms with Gasteiger partial charge in [-0.2, -0.15) is 0 Å². The van der Waals surface area contributed by atoms with E-state index in [2.05, 4.69) is 29.1 Å². The van der Waals surface area contributed by atoms with E-state index in [4.69, 9.17) is 0 Å². The second-order valence-electron chi connectivity index (χ2n) is 4.80. The Morgan fingerprint density at radius 2 is 2.21 bits per heavy atom. The van der Waals surface area contributed by atoms with Crippen LogP contribution in [0.5, 0.6) is 0 Å². The number of amides is 1. The summed E-state index contributed by atoms with van der Waals surface area (Å²) in [7, 11) is 0. The number of nitrogens with zero attached hydrogens (tertiary/aromatic N) is 2. The number of thiazole rings is 1. The maximum atomic E-state index is 12.0. The van der Waals surface area contributed by atoms with Gasteiger partial charge in [0.15, 0.2) is 0 Å². The molecule has 100 valence electrons. The number of carbonyl (C=O) groups excluding carboxylic acids is 1. The van der Waals surface area contributed by atoms with Gasteiger partial charge in [0.1, 0.15) is 0 Å². The number of pyridine rings is 1. The molecule has 0 fully saturated rings. The van der Waals surface area contributed by atoms with Gasteiger partial charge in [0.05, 0.1) is 21.8 Å². The molecule has 0 aliphatic rings. The molecule has 0 aliphatic heterocycles. The Hall–Kier alpha value is -1.75. The van der Waals surface area contributed by atoms with Crippen molar-refractivity contribution in [3.63, 3.8) is 0 Å². The van der Waals surface area contributed by atoms with Crippen molar-refractivity contribution in [1.82, 2.24) is 15.3 Å². The van der Waals surface area contributed by atoms with Crippen LogP contribution in [0, 0.1) is 12.8 Å². The zero-order chi connectivity index (χ0) is 13.8. The van der Waals surface area contributed by atoms with Gasteiger partial charge in [0, 0.05) is 18.3 Å². The van der Waals surface area contributed by atoms with Crippen LogP contribution >= 0.6 is 11.3 Å². The van der Waals surface area contributed by atoms with Crippen LogP contribution < -0.4 is 5.32 Å². The SMILES string of the molecule is Cc1ncsc1-c1cc(C(=O)NCC(C)C)ccn1. The smallest absolute Gasteiger partial charge is 0.251 e. The highest BCUT2D eigenvalue weighted by molar-refractivity contribution is 7.13. The van der Waals surface area contributed by atoms with Gasteiger partial charge in [-0.1, -0.05) is 13.8 Å². The Morgan fingerprint density at radius 1 is 1.42 bits per heavy atom. The lowest BCUT2D eigenvalue weighted by molar-refractivity contribution is 0.0949. The molecule has 2 rings (SSSR count). The fourth-order valence-corrected chi connectivity index (χ4v) is 2.41. The summed E-state index contributed by atoms with van der Waals surface area (Å²) in [6.45, 7) is 6.76. The van der Waals surface area contributed by atoms with Crippen molar-refractivity contribution >= 4 is 17.2 Å². The molecule has 1 N–H and O–H groups in total. The van der Waals surface area contributed by atoms with Gasteiger partial charge in [-0.3, -0.25) is 9.78 Å². The van der Waals surface area contributed by atoms with Crippen molar-refractivity contribution in [3.8, 4) is 10.6 Å². The largest absolute Gasteiger partial charge is 0.352 e. The molecule has 2 heterocycles. The zero-order valence-electron chi connectivity index (χ0n) is 11.3. The molecular weight excluding hydrogens is 258 g/mol. The van der Waals surface area contributed by atoms with E-state index in [1.165, 1.54) is 11.3 Å². The van der Waals surface area contributed by atoms with Crippen molar-refractivity contribution < 1.29 is 4.79 Å². The fraction of sp³-hybridized carbons (Fsp3) is 0.357. The molecule has 0 aromatic carbocycles. The van der Waals surface area contributed by atoms with Crippen LogP contribution in [0.3, 0.4) is 0 Å². The molecule has 2 aromatic rings. The van der Waals surface area contributed by atoms with Gasteiger partial charge in [-0.05, 0) is 25.0 Å². The predicted molar refractivity (Wildman–Crippen MR) is 77.3 cm³/mol. The first-order valence-electron chi connectivity index (χ1n) is 6.22. The van der Waals surface area contributed by atoms with Crippen LogP contribution in [0.2, 0.25) is 0 Å². The second kappa shape index (κ2) is 5.93. The molecule has 0 radical (unpaired) electrons. The summed E-state index contributed by atoms with van der Waals surface area (Å²) in [6.07, 6.45) is 1.67. The minimum Gasteiger partial charge on any atom is -0.352 e. The van der Waals surface area contributed by atoms with Crippen molar-refractivity contribution in [3.05, 3.63) is 35.1 Å².